The van der Waals surface area contributed by atoms with Gasteiger partial charge in [-0.1, -0.05) is 16.8 Å². The van der Waals surface area contributed by atoms with E-state index in [0.717, 1.165) is 6.82 Å². The number of nitrogen functional groups attached to an aromatic ring is 2. The van der Waals surface area contributed by atoms with Crippen molar-refractivity contribution in [3.63, 3.8) is 0 Å². The van der Waals surface area contributed by atoms with Crippen LogP contribution in [0.25, 0.3) is 22.3 Å². The van der Waals surface area contributed by atoms with Crippen LogP contribution in [0.2, 0.25) is 6.82 Å². The number of rotatable bonds is 13. The lowest BCUT2D eigenvalue weighted by Gasteiger charge is -2.23. The van der Waals surface area contributed by atoms with Gasteiger partial charge in [0.25, 0.3) is 37.5 Å². The average Bonchev–Trinajstić information content (AvgIpc) is 3.75. The molecule has 0 saturated carbocycles. The topological polar surface area (TPSA) is 389 Å². The van der Waals surface area contributed by atoms with Crippen molar-refractivity contribution in [1.82, 2.24) is 29.1 Å². The molecule has 12 N–H and O–H groups in total. The summed E-state index contributed by atoms with van der Waals surface area (Å²) in [5.41, 5.74) is 10.1. The van der Waals surface area contributed by atoms with Gasteiger partial charge in [0.15, 0.2) is 12.7 Å². The maximum Gasteiger partial charge on any atom is 0.478 e. The Hall–Kier alpha value is -3.43. The second kappa shape index (κ2) is 14.6. The van der Waals surface area contributed by atoms with Crippen molar-refractivity contribution < 1.29 is 80.2 Å². The highest BCUT2D eigenvalue weighted by Crippen LogP contribution is 2.69. The van der Waals surface area contributed by atoms with E-state index >= 15 is 0 Å². The third kappa shape index (κ3) is 7.69. The Morgan fingerprint density at radius 2 is 1.15 bits per heavy atom. The first kappa shape index (κ1) is 40.2. The number of anilines is 2. The van der Waals surface area contributed by atoms with E-state index in [1.807, 2.05) is 0 Å². The summed E-state index contributed by atoms with van der Waals surface area (Å²) in [5, 5.41) is 42.6. The van der Waals surface area contributed by atoms with Gasteiger partial charge in [0.1, 0.15) is 36.6 Å². The fourth-order valence-electron chi connectivity index (χ4n) is 5.88. The molecule has 27 nitrogen and oxygen atoms in total. The molecule has 2 aliphatic rings. The molecular weight excluding hydrogens is 792 g/mol. The molecule has 1 radical (unpaired) electrons. The molecule has 295 valence electrons. The quantitative estimate of drug-likeness (QED) is 0.0346. The van der Waals surface area contributed by atoms with E-state index in [1.165, 1.54) is 45.0 Å². The molecule has 2 aliphatic heterocycles. The van der Waals surface area contributed by atoms with Gasteiger partial charge in [0.05, 0.1) is 27.3 Å². The zero-order valence-electron chi connectivity index (χ0n) is 28.1. The summed E-state index contributed by atoms with van der Waals surface area (Å²) >= 11 is 0. The van der Waals surface area contributed by atoms with Gasteiger partial charge in [-0.2, -0.15) is 0 Å². The number of aliphatic hydroxyl groups excluding tert-OH is 4. The number of H-pyrrole nitrogens is 2. The van der Waals surface area contributed by atoms with Crippen LogP contribution >= 0.6 is 23.1 Å². The Balaban J connectivity index is 1.07. The van der Waals surface area contributed by atoms with E-state index < -0.39 is 96.5 Å². The van der Waals surface area contributed by atoms with Crippen LogP contribution in [0.1, 0.15) is 12.5 Å². The van der Waals surface area contributed by atoms with Gasteiger partial charge in [0, 0.05) is 0 Å². The number of aromatic nitrogens is 8. The standard InChI is InChI=1S/C23H33BN10O17P3/c1-24-52(41,50-53(42,43)46-4-8-12(35)14(37)20(48-8)33-6-31(2)10-16(33)27-22(25)29-18(10)39)51-54(44,45)47-5-9-13(36)15(38)21(49-9)34-7-32(3)11-17(34)28-23(26)30-19(11)40/h6-9,12-15,20-21,35-38H,4-5H2,1-3H3,(H6-2,25,26,27,28,29,30,39,40,42,43,44,45)/p+2/t8-,9-,12+,13?,14?,15+,20-,21-,52?/m1/s1. The number of fused-ring (bicyclic) bond motifs is 2. The molecule has 4 aromatic heterocycles. The van der Waals surface area contributed by atoms with Gasteiger partial charge in [-0.05, 0) is 0 Å². The molecule has 54 heavy (non-hydrogen) atoms. The molecule has 0 aliphatic carbocycles. The van der Waals surface area contributed by atoms with Gasteiger partial charge in [-0.15, -0.1) is 0 Å². The van der Waals surface area contributed by atoms with Crippen LogP contribution in [0.15, 0.2) is 22.2 Å². The number of hydrogen-bond acceptors (Lipinski definition) is 19. The van der Waals surface area contributed by atoms with E-state index in [0.29, 0.717) is 7.00 Å². The van der Waals surface area contributed by atoms with Crippen LogP contribution in [0.5, 0.6) is 0 Å². The van der Waals surface area contributed by atoms with Gasteiger partial charge >= 0.3 is 26.9 Å². The Kier molecular flexibility index (Phi) is 10.9. The Bertz CT molecular complexity index is 2200. The average molecular weight is 827 g/mol. The molecule has 2 fully saturated rings. The molecule has 0 bridgehead atoms. The SMILES string of the molecule is C[B]P(=O)(OP(=O)(O)OC[C@H]1O[C@@H]([n+]2cn(C)c3c(=O)[nH]c(N)nc32)[C@@H](O)C1O)OP(=O)(O)OC[C@H]1O[C@@H]([n+]2cn(C)c3c(=O)[nH]c(N)nc32)C(O)[C@H]1O. The van der Waals surface area contributed by atoms with E-state index in [-0.39, 0.29) is 34.2 Å². The summed E-state index contributed by atoms with van der Waals surface area (Å²) in [4.78, 5) is 58.1. The maximum atomic E-state index is 13.2. The van der Waals surface area contributed by atoms with E-state index in [4.69, 9.17) is 30.0 Å². The van der Waals surface area contributed by atoms with Crippen LogP contribution in [-0.4, -0.2) is 116 Å². The third-order valence-corrected chi connectivity index (χ3v) is 13.4. The number of aromatic amines is 2. The molecule has 0 spiro atoms. The van der Waals surface area contributed by atoms with E-state index in [9.17, 15) is 53.5 Å². The van der Waals surface area contributed by atoms with Crippen LogP contribution in [0, 0.1) is 0 Å². The zero-order valence-corrected chi connectivity index (χ0v) is 30.8. The number of nitrogens with one attached hydrogen (secondary N) is 2. The van der Waals surface area contributed by atoms with Crippen LogP contribution < -0.4 is 31.7 Å². The Morgan fingerprint density at radius 1 is 0.778 bits per heavy atom. The van der Waals surface area contributed by atoms with Crippen molar-refractivity contribution >= 4 is 64.3 Å². The number of nitrogens with zero attached hydrogens (tertiary/aromatic N) is 6. The smallest absolute Gasteiger partial charge is 0.387 e. The lowest BCUT2D eigenvalue weighted by atomic mass is 10.1. The highest BCUT2D eigenvalue weighted by atomic mass is 31.3. The first-order valence-corrected chi connectivity index (χ1v) is 20.1. The molecular formula is C23H35BN10O17P3+2. The fraction of sp³-hybridized carbons (Fsp3) is 0.565. The number of hydrogen-bond donors (Lipinski definition) is 10. The number of ether oxygens (including phenoxy) is 2. The van der Waals surface area contributed by atoms with Crippen molar-refractivity contribution in [3.05, 3.63) is 33.4 Å². The Morgan fingerprint density at radius 3 is 1.50 bits per heavy atom. The molecule has 4 aromatic rings. The van der Waals surface area contributed by atoms with Gasteiger partial charge in [0.2, 0.25) is 23.5 Å². The largest absolute Gasteiger partial charge is 0.478 e. The zero-order chi connectivity index (χ0) is 39.7. The van der Waals surface area contributed by atoms with E-state index in [1.54, 1.807) is 0 Å². The van der Waals surface area contributed by atoms with Crippen LogP contribution in [-0.2, 0) is 54.9 Å². The first-order chi connectivity index (χ1) is 25.1. The highest BCUT2D eigenvalue weighted by molar-refractivity contribution is 7.89. The van der Waals surface area contributed by atoms with Crippen molar-refractivity contribution in [2.45, 2.75) is 55.9 Å². The molecule has 11 atom stereocenters. The minimum absolute atomic E-state index is 0.0330. The minimum Gasteiger partial charge on any atom is -0.387 e. The summed E-state index contributed by atoms with van der Waals surface area (Å²) in [6.45, 7) is -0.446. The van der Waals surface area contributed by atoms with Gasteiger partial charge < -0.3 is 51.2 Å². The predicted octanol–water partition coefficient (Wildman–Crippen LogP) is -4.36. The lowest BCUT2D eigenvalue weighted by molar-refractivity contribution is -0.746. The van der Waals surface area contributed by atoms with Crippen LogP contribution in [0.4, 0.5) is 11.9 Å². The fourth-order valence-corrected chi connectivity index (χ4v) is 10.4. The number of aliphatic hydroxyl groups is 4. The predicted molar refractivity (Wildman–Crippen MR) is 177 cm³/mol. The van der Waals surface area contributed by atoms with Crippen LogP contribution in [0.3, 0.4) is 0 Å². The molecule has 0 aromatic carbocycles. The first-order valence-electron chi connectivity index (χ1n) is 15.5. The van der Waals surface area contributed by atoms with E-state index in [2.05, 4.69) is 28.6 Å². The number of nitrogens with two attached hydrogens (primary N) is 2. The summed E-state index contributed by atoms with van der Waals surface area (Å²) in [7, 11) is -13.1. The van der Waals surface area contributed by atoms with Gasteiger partial charge in [-0.25, -0.2) is 26.9 Å². The summed E-state index contributed by atoms with van der Waals surface area (Å²) in [5.74, 6) is -0.514. The second-order valence-corrected chi connectivity index (χ2v) is 17.4. The second-order valence-electron chi connectivity index (χ2n) is 12.1. The summed E-state index contributed by atoms with van der Waals surface area (Å²) in [6, 6.07) is 0. The maximum absolute atomic E-state index is 13.2. The summed E-state index contributed by atoms with van der Waals surface area (Å²) < 4.78 is 74.0. The molecule has 5 unspecified atom stereocenters. The number of imidazole rings is 2. The number of phosphoric ester groups is 2. The number of aryl methyl sites for hydroxylation is 2. The monoisotopic (exact) mass is 827 g/mol. The van der Waals surface area contributed by atoms with Crippen molar-refractivity contribution in [2.24, 2.45) is 14.1 Å². The third-order valence-electron chi connectivity index (χ3n) is 8.36. The van der Waals surface area contributed by atoms with Crippen molar-refractivity contribution in [1.29, 1.82) is 0 Å². The lowest BCUT2D eigenvalue weighted by Crippen LogP contribution is -2.46. The van der Waals surface area contributed by atoms with Crippen molar-refractivity contribution in [2.75, 3.05) is 24.7 Å². The summed E-state index contributed by atoms with van der Waals surface area (Å²) in [6.07, 6.45) is -10.2. The molecule has 31 heteroatoms. The molecule has 0 amide bonds. The normalized spacial score (nSPS) is 29.4. The molecule has 6 rings (SSSR count). The minimum atomic E-state index is -5.49. The van der Waals surface area contributed by atoms with Gasteiger partial charge in [-0.3, -0.25) is 42.3 Å². The molecule has 2 saturated heterocycles. The molecule has 6 heterocycles. The Labute approximate surface area is 301 Å². The highest BCUT2D eigenvalue weighted by Gasteiger charge is 2.50. The van der Waals surface area contributed by atoms with Crippen molar-refractivity contribution in [3.8, 4) is 0 Å². The number of phosphoric acid groups is 2.